The largest absolute Gasteiger partial charge is 0.490 e. The van der Waals surface area contributed by atoms with Crippen LogP contribution in [0.4, 0.5) is 0 Å². The van der Waals surface area contributed by atoms with Gasteiger partial charge in [-0.25, -0.2) is 0 Å². The Morgan fingerprint density at radius 2 is 1.52 bits per heavy atom. The maximum Gasteiger partial charge on any atom is 0.119 e. The quantitative estimate of drug-likeness (QED) is 0.491. The first-order chi connectivity index (χ1) is 12.3. The van der Waals surface area contributed by atoms with E-state index in [4.69, 9.17) is 10.00 Å². The van der Waals surface area contributed by atoms with Crippen LogP contribution in [0, 0.1) is 11.3 Å². The summed E-state index contributed by atoms with van der Waals surface area (Å²) < 4.78 is 5.68. The van der Waals surface area contributed by atoms with E-state index in [2.05, 4.69) is 55.5 Å². The summed E-state index contributed by atoms with van der Waals surface area (Å²) in [5.41, 5.74) is 3.46. The number of rotatable bonds is 6. The van der Waals surface area contributed by atoms with Gasteiger partial charge in [0.1, 0.15) is 23.3 Å². The summed E-state index contributed by atoms with van der Waals surface area (Å²) in [5.74, 6) is 0.878. The summed E-state index contributed by atoms with van der Waals surface area (Å²) in [7, 11) is 0. The van der Waals surface area contributed by atoms with Gasteiger partial charge >= 0.3 is 0 Å². The highest BCUT2D eigenvalue weighted by Crippen LogP contribution is 2.30. The van der Waals surface area contributed by atoms with E-state index in [9.17, 15) is 0 Å². The molecule has 25 heavy (non-hydrogen) atoms. The lowest BCUT2D eigenvalue weighted by atomic mass is 10.0. The molecular weight excluding hydrogens is 326 g/mol. The van der Waals surface area contributed by atoms with E-state index in [1.165, 1.54) is 16.9 Å². The minimum absolute atomic E-state index is 0.605. The monoisotopic (exact) mass is 345 g/mol. The maximum absolute atomic E-state index is 8.94. The molecule has 3 heteroatoms. The molecule has 124 valence electrons. The molecule has 0 atom stereocenters. The Morgan fingerprint density at radius 3 is 2.12 bits per heavy atom. The van der Waals surface area contributed by atoms with E-state index in [-0.39, 0.29) is 0 Å². The van der Waals surface area contributed by atoms with Crippen LogP contribution in [0.15, 0.2) is 72.8 Å². The SMILES string of the molecule is CCC=CCOc1ccc(-c2ccc(-c3ccc(C#N)s3)cc2)cc1. The first-order valence-electron chi connectivity index (χ1n) is 8.29. The number of thiophene rings is 1. The lowest BCUT2D eigenvalue weighted by Crippen LogP contribution is -1.92. The van der Waals surface area contributed by atoms with Crippen molar-refractivity contribution in [3.05, 3.63) is 77.7 Å². The summed E-state index contributed by atoms with van der Waals surface area (Å²) in [4.78, 5) is 1.86. The Morgan fingerprint density at radius 1 is 0.880 bits per heavy atom. The number of nitriles is 1. The summed E-state index contributed by atoms with van der Waals surface area (Å²) in [5, 5.41) is 8.94. The van der Waals surface area contributed by atoms with Crippen LogP contribution in [0.1, 0.15) is 18.2 Å². The van der Waals surface area contributed by atoms with Crippen LogP contribution >= 0.6 is 11.3 Å². The molecule has 0 saturated carbocycles. The molecule has 2 aromatic carbocycles. The van der Waals surface area contributed by atoms with Gasteiger partial charge in [0.2, 0.25) is 0 Å². The van der Waals surface area contributed by atoms with E-state index < -0.39 is 0 Å². The second kappa shape index (κ2) is 8.32. The van der Waals surface area contributed by atoms with Gasteiger partial charge in [-0.15, -0.1) is 11.3 Å². The van der Waals surface area contributed by atoms with Gasteiger partial charge in [0, 0.05) is 4.88 Å². The molecular formula is C22H19NOS. The summed E-state index contributed by atoms with van der Waals surface area (Å²) in [6.07, 6.45) is 5.17. The average Bonchev–Trinajstić information content (AvgIpc) is 3.15. The number of hydrogen-bond acceptors (Lipinski definition) is 3. The number of hydrogen-bond donors (Lipinski definition) is 0. The summed E-state index contributed by atoms with van der Waals surface area (Å²) in [6.45, 7) is 2.71. The van der Waals surface area contributed by atoms with Gasteiger partial charge in [0.05, 0.1) is 0 Å². The van der Waals surface area contributed by atoms with Gasteiger partial charge in [-0.1, -0.05) is 55.5 Å². The van der Waals surface area contributed by atoms with Crippen LogP contribution in [-0.2, 0) is 0 Å². The Balaban J connectivity index is 1.69. The number of ether oxygens (including phenoxy) is 1. The summed E-state index contributed by atoms with van der Waals surface area (Å²) >= 11 is 1.52. The molecule has 0 fully saturated rings. The predicted octanol–water partition coefficient (Wildman–Crippen LogP) is 6.30. The van der Waals surface area contributed by atoms with Crippen LogP contribution < -0.4 is 4.74 Å². The van der Waals surface area contributed by atoms with Crippen LogP contribution in [0.25, 0.3) is 21.6 Å². The lowest BCUT2D eigenvalue weighted by molar-refractivity contribution is 0.362. The number of benzene rings is 2. The Bertz CT molecular complexity index is 883. The van der Waals surface area contributed by atoms with E-state index >= 15 is 0 Å². The smallest absolute Gasteiger partial charge is 0.119 e. The number of allylic oxidation sites excluding steroid dienone is 1. The highest BCUT2D eigenvalue weighted by molar-refractivity contribution is 7.16. The molecule has 3 aromatic rings. The Labute approximate surface area is 152 Å². The second-order valence-electron chi connectivity index (χ2n) is 5.57. The van der Waals surface area contributed by atoms with Crippen molar-refractivity contribution in [1.29, 1.82) is 5.26 Å². The average molecular weight is 345 g/mol. The third-order valence-electron chi connectivity index (χ3n) is 3.82. The normalized spacial score (nSPS) is 10.7. The van der Waals surface area contributed by atoms with Crippen molar-refractivity contribution in [2.45, 2.75) is 13.3 Å². The van der Waals surface area contributed by atoms with Crippen molar-refractivity contribution in [1.82, 2.24) is 0 Å². The highest BCUT2D eigenvalue weighted by atomic mass is 32.1. The van der Waals surface area contributed by atoms with Gasteiger partial charge in [-0.05, 0) is 47.4 Å². The fraction of sp³-hybridized carbons (Fsp3) is 0.136. The molecule has 1 aromatic heterocycles. The second-order valence-corrected chi connectivity index (χ2v) is 6.65. The number of nitrogens with zero attached hydrogens (tertiary/aromatic N) is 1. The Kier molecular flexibility index (Phi) is 5.66. The topological polar surface area (TPSA) is 33.0 Å². The van der Waals surface area contributed by atoms with Gasteiger partial charge in [0.15, 0.2) is 0 Å². The molecule has 0 aliphatic carbocycles. The van der Waals surface area contributed by atoms with Crippen molar-refractivity contribution >= 4 is 11.3 Å². The van der Waals surface area contributed by atoms with Crippen molar-refractivity contribution < 1.29 is 4.74 Å². The zero-order valence-corrected chi connectivity index (χ0v) is 14.9. The molecule has 0 bridgehead atoms. The minimum atomic E-state index is 0.605. The molecule has 3 rings (SSSR count). The molecule has 0 amide bonds. The molecule has 0 saturated heterocycles. The molecule has 0 N–H and O–H groups in total. The first kappa shape index (κ1) is 17.0. The van der Waals surface area contributed by atoms with E-state index in [1.54, 1.807) is 0 Å². The standard InChI is InChI=1S/C22H19NOS/c1-2-3-4-15-24-20-11-9-18(10-12-20)17-5-7-19(8-6-17)22-14-13-21(16-23)25-22/h3-14H,2,15H2,1H3. The van der Waals surface area contributed by atoms with Gasteiger partial charge in [-0.3, -0.25) is 0 Å². The molecule has 0 spiro atoms. The highest BCUT2D eigenvalue weighted by Gasteiger charge is 2.04. The van der Waals surface area contributed by atoms with Crippen molar-refractivity contribution in [3.63, 3.8) is 0 Å². The zero-order chi connectivity index (χ0) is 17.5. The molecule has 1 heterocycles. The fourth-order valence-electron chi connectivity index (χ4n) is 2.50. The van der Waals surface area contributed by atoms with Gasteiger partial charge in [-0.2, -0.15) is 5.26 Å². The molecule has 0 radical (unpaired) electrons. The van der Waals surface area contributed by atoms with Crippen LogP contribution in [0.2, 0.25) is 0 Å². The third-order valence-corrected chi connectivity index (χ3v) is 4.86. The molecule has 0 unspecified atom stereocenters. The minimum Gasteiger partial charge on any atom is -0.490 e. The molecule has 2 nitrogen and oxygen atoms in total. The fourth-order valence-corrected chi connectivity index (χ4v) is 3.31. The van der Waals surface area contributed by atoms with E-state index in [0.29, 0.717) is 6.61 Å². The van der Waals surface area contributed by atoms with Crippen LogP contribution in [-0.4, -0.2) is 6.61 Å². The van der Waals surface area contributed by atoms with Gasteiger partial charge in [0.25, 0.3) is 0 Å². The maximum atomic E-state index is 8.94. The third kappa shape index (κ3) is 4.37. The Hall–Kier alpha value is -2.83. The molecule has 0 aliphatic heterocycles. The van der Waals surface area contributed by atoms with Crippen molar-refractivity contribution in [2.75, 3.05) is 6.61 Å². The van der Waals surface area contributed by atoms with Crippen molar-refractivity contribution in [2.24, 2.45) is 0 Å². The first-order valence-corrected chi connectivity index (χ1v) is 9.10. The summed E-state index contributed by atoms with van der Waals surface area (Å²) in [6, 6.07) is 22.6. The van der Waals surface area contributed by atoms with Crippen molar-refractivity contribution in [3.8, 4) is 33.4 Å². The van der Waals surface area contributed by atoms with Crippen LogP contribution in [0.3, 0.4) is 0 Å². The van der Waals surface area contributed by atoms with E-state index in [1.807, 2.05) is 30.3 Å². The zero-order valence-electron chi connectivity index (χ0n) is 14.1. The van der Waals surface area contributed by atoms with Gasteiger partial charge < -0.3 is 4.74 Å². The lowest BCUT2D eigenvalue weighted by Gasteiger charge is -2.06. The molecule has 0 aliphatic rings. The predicted molar refractivity (Wildman–Crippen MR) is 105 cm³/mol. The van der Waals surface area contributed by atoms with Crippen LogP contribution in [0.5, 0.6) is 5.75 Å². The van der Waals surface area contributed by atoms with E-state index in [0.717, 1.165) is 33.1 Å².